The first-order valence-electron chi connectivity index (χ1n) is 4.83. The van der Waals surface area contributed by atoms with Crippen LogP contribution in [0.2, 0.25) is 0 Å². The van der Waals surface area contributed by atoms with Crippen molar-refractivity contribution in [3.63, 3.8) is 0 Å². The van der Waals surface area contributed by atoms with Crippen LogP contribution in [-0.4, -0.2) is 30.6 Å². The fourth-order valence-electron chi connectivity index (χ4n) is 1.61. The van der Waals surface area contributed by atoms with Crippen molar-refractivity contribution in [1.82, 2.24) is 5.32 Å². The van der Waals surface area contributed by atoms with Gasteiger partial charge in [-0.1, -0.05) is 0 Å². The van der Waals surface area contributed by atoms with E-state index in [-0.39, 0.29) is 18.1 Å². The lowest BCUT2D eigenvalue weighted by Crippen LogP contribution is -2.63. The van der Waals surface area contributed by atoms with E-state index in [1.54, 1.807) is 12.1 Å². The highest BCUT2D eigenvalue weighted by atomic mass is 16.5. The molecule has 0 bridgehead atoms. The van der Waals surface area contributed by atoms with Crippen LogP contribution in [0.5, 0.6) is 0 Å². The molecule has 1 fully saturated rings. The molecule has 0 aliphatic carbocycles. The molecule has 0 radical (unpaired) electrons. The lowest BCUT2D eigenvalue weighted by atomic mass is 9.92. The fourth-order valence-corrected chi connectivity index (χ4v) is 1.61. The first-order valence-corrected chi connectivity index (χ1v) is 4.83. The monoisotopic (exact) mass is 224 g/mol. The van der Waals surface area contributed by atoms with Gasteiger partial charge in [-0.15, -0.1) is 0 Å². The summed E-state index contributed by atoms with van der Waals surface area (Å²) < 4.78 is 9.95. The minimum Gasteiger partial charge on any atom is -0.459 e. The fraction of sp³-hybridized carbons (Fsp3) is 0.400. The minimum atomic E-state index is -0.671. The number of furan rings is 1. The Morgan fingerprint density at radius 3 is 2.69 bits per heavy atom. The number of amides is 2. The molecule has 16 heavy (non-hydrogen) atoms. The zero-order valence-electron chi connectivity index (χ0n) is 8.56. The summed E-state index contributed by atoms with van der Waals surface area (Å²) >= 11 is 0. The van der Waals surface area contributed by atoms with Gasteiger partial charge in [0.05, 0.1) is 31.4 Å². The smallest absolute Gasteiger partial charge is 0.287 e. The van der Waals surface area contributed by atoms with E-state index in [2.05, 4.69) is 5.32 Å². The van der Waals surface area contributed by atoms with E-state index in [0.29, 0.717) is 13.2 Å². The lowest BCUT2D eigenvalue weighted by molar-refractivity contribution is -0.127. The van der Waals surface area contributed by atoms with Crippen molar-refractivity contribution < 1.29 is 18.7 Å². The van der Waals surface area contributed by atoms with E-state index in [1.165, 1.54) is 6.26 Å². The van der Waals surface area contributed by atoms with Gasteiger partial charge in [-0.25, -0.2) is 0 Å². The van der Waals surface area contributed by atoms with Gasteiger partial charge in [-0.05, 0) is 12.1 Å². The van der Waals surface area contributed by atoms with Crippen LogP contribution in [0.25, 0.3) is 0 Å². The number of carbonyl (C=O) groups is 2. The molecule has 1 aromatic rings. The largest absolute Gasteiger partial charge is 0.459 e. The summed E-state index contributed by atoms with van der Waals surface area (Å²) in [5, 5.41) is 2.71. The molecule has 0 saturated carbocycles. The second-order valence-corrected chi connectivity index (χ2v) is 3.85. The molecule has 2 rings (SSSR count). The Labute approximate surface area is 91.7 Å². The van der Waals surface area contributed by atoms with Crippen molar-refractivity contribution in [3.8, 4) is 0 Å². The Hall–Kier alpha value is -1.82. The van der Waals surface area contributed by atoms with Crippen LogP contribution in [0.3, 0.4) is 0 Å². The molecular weight excluding hydrogens is 212 g/mol. The summed E-state index contributed by atoms with van der Waals surface area (Å²) in [6.07, 6.45) is 1.48. The molecule has 0 spiro atoms. The van der Waals surface area contributed by atoms with Crippen LogP contribution < -0.4 is 11.1 Å². The lowest BCUT2D eigenvalue weighted by Gasteiger charge is -2.40. The highest BCUT2D eigenvalue weighted by Crippen LogP contribution is 2.21. The molecule has 2 amide bonds. The summed E-state index contributed by atoms with van der Waals surface area (Å²) in [7, 11) is 0. The number of carbonyl (C=O) groups excluding carboxylic acids is 2. The summed E-state index contributed by atoms with van der Waals surface area (Å²) in [6, 6.07) is 3.17. The number of ether oxygens (including phenoxy) is 1. The van der Waals surface area contributed by atoms with Crippen molar-refractivity contribution in [2.45, 2.75) is 12.0 Å². The summed E-state index contributed by atoms with van der Waals surface area (Å²) in [5.74, 6) is -0.631. The van der Waals surface area contributed by atoms with Gasteiger partial charge in [0.25, 0.3) is 5.91 Å². The predicted octanol–water partition coefficient (Wildman–Crippen LogP) is -0.346. The Morgan fingerprint density at radius 2 is 2.25 bits per heavy atom. The minimum absolute atomic E-state index is 0.0689. The Bertz CT molecular complexity index is 395. The standard InChI is InChI=1S/C10H12N2O4/c11-8(13)4-10(5-15-6-10)12-9(14)7-2-1-3-16-7/h1-3H,4-6H2,(H2,11,13)(H,12,14). The summed E-state index contributed by atoms with van der Waals surface area (Å²) in [6.45, 7) is 0.588. The molecule has 1 aliphatic heterocycles. The van der Waals surface area contributed by atoms with Crippen molar-refractivity contribution >= 4 is 11.8 Å². The highest BCUT2D eigenvalue weighted by Gasteiger charge is 2.41. The zero-order chi connectivity index (χ0) is 11.6. The topological polar surface area (TPSA) is 94.6 Å². The van der Waals surface area contributed by atoms with Gasteiger partial charge < -0.3 is 20.2 Å². The van der Waals surface area contributed by atoms with Gasteiger partial charge in [0, 0.05) is 0 Å². The maximum absolute atomic E-state index is 11.7. The van der Waals surface area contributed by atoms with Crippen LogP contribution in [0.1, 0.15) is 17.0 Å². The van der Waals surface area contributed by atoms with Crippen molar-refractivity contribution in [1.29, 1.82) is 0 Å². The number of nitrogens with two attached hydrogens (primary N) is 1. The van der Waals surface area contributed by atoms with Gasteiger partial charge in [0.15, 0.2) is 5.76 Å². The van der Waals surface area contributed by atoms with E-state index < -0.39 is 11.4 Å². The van der Waals surface area contributed by atoms with Gasteiger partial charge in [-0.2, -0.15) is 0 Å². The Balaban J connectivity index is 2.02. The van der Waals surface area contributed by atoms with Crippen LogP contribution in [0.4, 0.5) is 0 Å². The first-order chi connectivity index (χ1) is 7.61. The van der Waals surface area contributed by atoms with Crippen LogP contribution in [0, 0.1) is 0 Å². The maximum atomic E-state index is 11.7. The van der Waals surface area contributed by atoms with E-state index in [9.17, 15) is 9.59 Å². The molecule has 0 aromatic carbocycles. The molecular formula is C10H12N2O4. The molecule has 1 aromatic heterocycles. The first kappa shape index (κ1) is 10.7. The summed E-state index contributed by atoms with van der Waals surface area (Å²) in [4.78, 5) is 22.6. The van der Waals surface area contributed by atoms with E-state index in [0.717, 1.165) is 0 Å². The van der Waals surface area contributed by atoms with Crippen molar-refractivity contribution in [2.24, 2.45) is 5.73 Å². The average molecular weight is 224 g/mol. The molecule has 1 saturated heterocycles. The van der Waals surface area contributed by atoms with Gasteiger partial charge in [0.1, 0.15) is 0 Å². The number of hydrogen-bond donors (Lipinski definition) is 2. The average Bonchev–Trinajstić information content (AvgIpc) is 2.66. The molecule has 1 aliphatic rings. The molecule has 6 heteroatoms. The van der Waals surface area contributed by atoms with Crippen molar-refractivity contribution in [3.05, 3.63) is 24.2 Å². The second kappa shape index (κ2) is 3.97. The van der Waals surface area contributed by atoms with Crippen LogP contribution in [-0.2, 0) is 9.53 Å². The summed E-state index contributed by atoms with van der Waals surface area (Å²) in [5.41, 5.74) is 4.44. The molecule has 3 N–H and O–H groups in total. The molecule has 0 atom stereocenters. The van der Waals surface area contributed by atoms with Gasteiger partial charge in [0.2, 0.25) is 5.91 Å². The normalized spacial score (nSPS) is 17.5. The molecule has 2 heterocycles. The van der Waals surface area contributed by atoms with E-state index >= 15 is 0 Å². The number of hydrogen-bond acceptors (Lipinski definition) is 4. The maximum Gasteiger partial charge on any atom is 0.287 e. The quantitative estimate of drug-likeness (QED) is 0.731. The predicted molar refractivity (Wildman–Crippen MR) is 53.5 cm³/mol. The third-order valence-electron chi connectivity index (χ3n) is 2.39. The van der Waals surface area contributed by atoms with E-state index in [1.807, 2.05) is 0 Å². The SMILES string of the molecule is NC(=O)CC1(NC(=O)c2ccco2)COC1. The van der Waals surface area contributed by atoms with Gasteiger partial charge in [-0.3, -0.25) is 9.59 Å². The Morgan fingerprint density at radius 1 is 1.50 bits per heavy atom. The van der Waals surface area contributed by atoms with Crippen molar-refractivity contribution in [2.75, 3.05) is 13.2 Å². The second-order valence-electron chi connectivity index (χ2n) is 3.85. The van der Waals surface area contributed by atoms with Crippen LogP contribution >= 0.6 is 0 Å². The number of nitrogens with one attached hydrogen (secondary N) is 1. The number of rotatable bonds is 4. The number of primary amides is 1. The third-order valence-corrected chi connectivity index (χ3v) is 2.39. The zero-order valence-corrected chi connectivity index (χ0v) is 8.56. The molecule has 86 valence electrons. The third kappa shape index (κ3) is 2.06. The van der Waals surface area contributed by atoms with Crippen LogP contribution in [0.15, 0.2) is 22.8 Å². The molecule has 6 nitrogen and oxygen atoms in total. The van der Waals surface area contributed by atoms with Gasteiger partial charge >= 0.3 is 0 Å². The Kier molecular flexibility index (Phi) is 2.66. The van der Waals surface area contributed by atoms with E-state index in [4.69, 9.17) is 14.9 Å². The molecule has 0 unspecified atom stereocenters. The highest BCUT2D eigenvalue weighted by molar-refractivity contribution is 5.92.